The Balaban J connectivity index is 2.89. The Labute approximate surface area is 106 Å². The first-order chi connectivity index (χ1) is 7.24. The van der Waals surface area contributed by atoms with Crippen molar-refractivity contribution in [1.29, 1.82) is 0 Å². The van der Waals surface area contributed by atoms with Gasteiger partial charge in [0, 0.05) is 6.42 Å². The predicted octanol–water partition coefficient (Wildman–Crippen LogP) is 2.24. The molecule has 4 nitrogen and oxygen atoms in total. The normalized spacial score (nSPS) is 12.5. The molecular formula is C9H12O4S3. The first-order valence-corrected chi connectivity index (χ1v) is 6.79. The van der Waals surface area contributed by atoms with Crippen molar-refractivity contribution in [2.45, 2.75) is 22.5 Å². The van der Waals surface area contributed by atoms with Gasteiger partial charge in [-0.1, -0.05) is 6.92 Å². The molecule has 90 valence electrons. The summed E-state index contributed by atoms with van der Waals surface area (Å²) in [6.45, 7) is 1.85. The lowest BCUT2D eigenvalue weighted by Gasteiger charge is -2.22. The molecule has 0 aliphatic carbocycles. The fourth-order valence-electron chi connectivity index (χ4n) is 0.941. The van der Waals surface area contributed by atoms with Crippen molar-refractivity contribution in [2.75, 3.05) is 0 Å². The van der Waals surface area contributed by atoms with E-state index in [1.54, 1.807) is 0 Å². The van der Waals surface area contributed by atoms with Crippen LogP contribution in [0.1, 0.15) is 13.3 Å². The maximum Gasteiger partial charge on any atom is 0.294 e. The van der Waals surface area contributed by atoms with Crippen molar-refractivity contribution in [3.63, 3.8) is 0 Å². The molecule has 0 aliphatic heterocycles. The van der Waals surface area contributed by atoms with Gasteiger partial charge in [-0.2, -0.15) is 8.42 Å². The fraction of sp³-hybridized carbons (Fsp3) is 0.333. The molecule has 1 rings (SSSR count). The van der Waals surface area contributed by atoms with Crippen LogP contribution in [-0.4, -0.2) is 17.2 Å². The lowest BCUT2D eigenvalue weighted by atomic mass is 10.3. The summed E-state index contributed by atoms with van der Waals surface area (Å²) in [4.78, 5) is -0.180. The van der Waals surface area contributed by atoms with Crippen LogP contribution < -0.4 is 4.74 Å². The summed E-state index contributed by atoms with van der Waals surface area (Å²) in [5, 5.41) is 0. The smallest absolute Gasteiger partial charge is 0.294 e. The van der Waals surface area contributed by atoms with Crippen LogP contribution in [0.15, 0.2) is 29.2 Å². The quantitative estimate of drug-likeness (QED) is 0.449. The van der Waals surface area contributed by atoms with Gasteiger partial charge < -0.3 is 4.74 Å². The van der Waals surface area contributed by atoms with Gasteiger partial charge in [-0.3, -0.25) is 4.55 Å². The molecule has 0 saturated carbocycles. The van der Waals surface area contributed by atoms with Gasteiger partial charge in [0.25, 0.3) is 10.1 Å². The van der Waals surface area contributed by atoms with E-state index < -0.39 is 14.4 Å². The topological polar surface area (TPSA) is 63.6 Å². The van der Waals surface area contributed by atoms with Gasteiger partial charge in [-0.15, -0.1) is 25.3 Å². The molecule has 0 radical (unpaired) electrons. The molecule has 0 spiro atoms. The summed E-state index contributed by atoms with van der Waals surface area (Å²) in [5.41, 5.74) is 0. The van der Waals surface area contributed by atoms with E-state index in [4.69, 9.17) is 9.29 Å². The third-order valence-electron chi connectivity index (χ3n) is 1.86. The first kappa shape index (κ1) is 13.7. The minimum absolute atomic E-state index is 0.180. The summed E-state index contributed by atoms with van der Waals surface area (Å²) < 4.78 is 34.8. The number of thiol groups is 2. The highest BCUT2D eigenvalue weighted by Gasteiger charge is 2.19. The minimum Gasteiger partial charge on any atom is -0.468 e. The van der Waals surface area contributed by atoms with Crippen molar-refractivity contribution < 1.29 is 17.7 Å². The van der Waals surface area contributed by atoms with Crippen molar-refractivity contribution in [3.8, 4) is 5.75 Å². The number of rotatable bonds is 4. The maximum absolute atomic E-state index is 10.8. The Kier molecular flexibility index (Phi) is 4.17. The number of hydrogen-bond acceptors (Lipinski definition) is 5. The molecule has 7 heteroatoms. The number of ether oxygens (including phenoxy) is 1. The van der Waals surface area contributed by atoms with Gasteiger partial charge >= 0.3 is 0 Å². The van der Waals surface area contributed by atoms with E-state index in [0.29, 0.717) is 12.2 Å². The van der Waals surface area contributed by atoms with E-state index >= 15 is 0 Å². The second-order valence-electron chi connectivity index (χ2n) is 3.15. The Bertz CT molecular complexity index is 450. The van der Waals surface area contributed by atoms with Crippen LogP contribution in [0.3, 0.4) is 0 Å². The summed E-state index contributed by atoms with van der Waals surface area (Å²) in [6, 6.07) is 5.36. The standard InChI is InChI=1S/C9H12O4S3/c1-2-9(14,15)13-7-3-5-8(6-4-7)16(10,11)12/h3-6,14-15H,2H2,1H3,(H,10,11,12). The summed E-state index contributed by atoms with van der Waals surface area (Å²) >= 11 is 8.31. The Morgan fingerprint density at radius 1 is 1.31 bits per heavy atom. The van der Waals surface area contributed by atoms with Gasteiger partial charge in [0.05, 0.1) is 4.90 Å². The van der Waals surface area contributed by atoms with Gasteiger partial charge in [0.2, 0.25) is 0 Å². The van der Waals surface area contributed by atoms with Crippen LogP contribution in [0.25, 0.3) is 0 Å². The zero-order valence-corrected chi connectivity index (χ0v) is 11.1. The van der Waals surface area contributed by atoms with E-state index in [9.17, 15) is 8.42 Å². The molecule has 0 fully saturated rings. The van der Waals surface area contributed by atoms with Crippen LogP contribution in [0.2, 0.25) is 0 Å². The lowest BCUT2D eigenvalue weighted by molar-refractivity contribution is 0.256. The van der Waals surface area contributed by atoms with Gasteiger partial charge in [-0.25, -0.2) is 0 Å². The average molecular weight is 280 g/mol. The molecule has 0 bridgehead atoms. The molecular weight excluding hydrogens is 268 g/mol. The summed E-state index contributed by atoms with van der Waals surface area (Å²) in [7, 11) is -4.16. The van der Waals surface area contributed by atoms with Crippen LogP contribution in [0.4, 0.5) is 0 Å². The molecule has 1 aromatic carbocycles. The monoisotopic (exact) mass is 280 g/mol. The largest absolute Gasteiger partial charge is 0.468 e. The molecule has 0 heterocycles. The Morgan fingerprint density at radius 3 is 2.19 bits per heavy atom. The second-order valence-corrected chi connectivity index (χ2v) is 6.36. The third-order valence-corrected chi connectivity index (χ3v) is 3.55. The lowest BCUT2D eigenvalue weighted by Crippen LogP contribution is -2.20. The summed E-state index contributed by atoms with van der Waals surface area (Å²) in [6.07, 6.45) is 0.569. The molecule has 0 amide bonds. The third kappa shape index (κ3) is 3.89. The zero-order chi connectivity index (χ0) is 12.4. The van der Waals surface area contributed by atoms with Gasteiger partial charge in [0.1, 0.15) is 5.75 Å². The molecule has 1 aromatic rings. The zero-order valence-electron chi connectivity index (χ0n) is 8.49. The van der Waals surface area contributed by atoms with Crippen LogP contribution >= 0.6 is 25.3 Å². The van der Waals surface area contributed by atoms with E-state index in [1.165, 1.54) is 24.3 Å². The van der Waals surface area contributed by atoms with Crippen LogP contribution in [-0.2, 0) is 10.1 Å². The van der Waals surface area contributed by atoms with E-state index in [0.717, 1.165) is 0 Å². The van der Waals surface area contributed by atoms with Gasteiger partial charge in [0.15, 0.2) is 4.27 Å². The first-order valence-electron chi connectivity index (χ1n) is 4.46. The number of hydrogen-bond donors (Lipinski definition) is 3. The number of benzene rings is 1. The molecule has 0 aliphatic rings. The van der Waals surface area contributed by atoms with Crippen LogP contribution in [0, 0.1) is 0 Å². The highest BCUT2D eigenvalue weighted by molar-refractivity contribution is 8.00. The van der Waals surface area contributed by atoms with E-state index in [1.807, 2.05) is 6.92 Å². The molecule has 0 atom stereocenters. The molecule has 1 N–H and O–H groups in total. The molecule has 0 saturated heterocycles. The highest BCUT2D eigenvalue weighted by Crippen LogP contribution is 2.28. The van der Waals surface area contributed by atoms with Crippen molar-refractivity contribution in [1.82, 2.24) is 0 Å². The maximum atomic E-state index is 10.8. The molecule has 0 aromatic heterocycles. The van der Waals surface area contributed by atoms with E-state index in [-0.39, 0.29) is 4.90 Å². The van der Waals surface area contributed by atoms with Crippen molar-refractivity contribution in [3.05, 3.63) is 24.3 Å². The van der Waals surface area contributed by atoms with Gasteiger partial charge in [-0.05, 0) is 24.3 Å². The van der Waals surface area contributed by atoms with Crippen molar-refractivity contribution >= 4 is 35.4 Å². The second kappa shape index (κ2) is 4.87. The van der Waals surface area contributed by atoms with Crippen molar-refractivity contribution in [2.24, 2.45) is 0 Å². The van der Waals surface area contributed by atoms with Crippen LogP contribution in [0.5, 0.6) is 5.75 Å². The summed E-state index contributed by atoms with van der Waals surface area (Å²) in [5.74, 6) is 0.430. The fourth-order valence-corrected chi connectivity index (χ4v) is 1.63. The highest BCUT2D eigenvalue weighted by atomic mass is 32.2. The SMILES string of the molecule is CCC(S)(S)Oc1ccc(S(=O)(=O)O)cc1. The predicted molar refractivity (Wildman–Crippen MR) is 67.9 cm³/mol. The average Bonchev–Trinajstić information content (AvgIpc) is 2.16. The molecule has 16 heavy (non-hydrogen) atoms. The molecule has 0 unspecified atom stereocenters. The minimum atomic E-state index is -4.16. The van der Waals surface area contributed by atoms with E-state index in [2.05, 4.69) is 25.3 Å². The Hall–Kier alpha value is -0.370. The Morgan fingerprint density at radius 2 is 1.81 bits per heavy atom.